The maximum atomic E-state index is 13.0. The Morgan fingerprint density at radius 3 is 2.45 bits per heavy atom. The molecule has 202 valence electrons. The smallest absolute Gasteiger partial charge is 0.410 e. The van der Waals surface area contributed by atoms with Gasteiger partial charge in [-0.3, -0.25) is 28.8 Å². The van der Waals surface area contributed by atoms with Crippen molar-refractivity contribution in [3.05, 3.63) is 34.2 Å². The molecular weight excluding hydrogens is 492 g/mol. The van der Waals surface area contributed by atoms with Crippen LogP contribution in [-0.2, 0) is 26.2 Å². The van der Waals surface area contributed by atoms with Gasteiger partial charge in [0.15, 0.2) is 0 Å². The van der Waals surface area contributed by atoms with Crippen molar-refractivity contribution in [2.24, 2.45) is 12.5 Å². The molecule has 2 aliphatic rings. The summed E-state index contributed by atoms with van der Waals surface area (Å²) in [5.41, 5.74) is -0.113. The number of piperidine rings is 2. The number of ether oxygens (including phenoxy) is 1. The predicted molar refractivity (Wildman–Crippen MR) is 137 cm³/mol. The Hall–Kier alpha value is -4.07. The van der Waals surface area contributed by atoms with Crippen molar-refractivity contribution < 1.29 is 29.0 Å². The van der Waals surface area contributed by atoms with Crippen LogP contribution in [0.25, 0.3) is 11.0 Å². The van der Waals surface area contributed by atoms with E-state index in [2.05, 4.69) is 17.2 Å². The number of benzene rings is 1. The summed E-state index contributed by atoms with van der Waals surface area (Å²) >= 11 is 0. The summed E-state index contributed by atoms with van der Waals surface area (Å²) in [6, 6.07) is 4.38. The van der Waals surface area contributed by atoms with Crippen molar-refractivity contribution in [2.45, 2.75) is 64.5 Å². The quantitative estimate of drug-likeness (QED) is 0.463. The number of hydrogen-bond donors (Lipinski definition) is 2. The highest BCUT2D eigenvalue weighted by atomic mass is 16.6. The van der Waals surface area contributed by atoms with E-state index in [1.807, 2.05) is 0 Å². The molecule has 1 aromatic carbocycles. The predicted octanol–water partition coefficient (Wildman–Crippen LogP) is 2.16. The molecule has 0 spiro atoms. The number of carbonyl (C=O) groups excluding carboxylic acids is 3. The van der Waals surface area contributed by atoms with E-state index in [-0.39, 0.29) is 30.9 Å². The Morgan fingerprint density at radius 1 is 1.16 bits per heavy atom. The van der Waals surface area contributed by atoms with Crippen LogP contribution in [-0.4, -0.2) is 61.7 Å². The summed E-state index contributed by atoms with van der Waals surface area (Å²) in [6.07, 6.45) is 0.579. The number of aromatic nitrogens is 2. The van der Waals surface area contributed by atoms with Crippen LogP contribution >= 0.6 is 0 Å². The van der Waals surface area contributed by atoms with Gasteiger partial charge in [0, 0.05) is 37.5 Å². The first kappa shape index (κ1) is 27.0. The summed E-state index contributed by atoms with van der Waals surface area (Å²) < 4.78 is 8.26. The van der Waals surface area contributed by atoms with Gasteiger partial charge in [-0.25, -0.2) is 9.59 Å². The maximum absolute atomic E-state index is 13.0. The zero-order chi connectivity index (χ0) is 27.8. The Balaban J connectivity index is 1.60. The van der Waals surface area contributed by atoms with Gasteiger partial charge in [0.25, 0.3) is 0 Å². The van der Waals surface area contributed by atoms with Gasteiger partial charge in [0.2, 0.25) is 11.8 Å². The molecule has 2 aliphatic heterocycles. The third-order valence-corrected chi connectivity index (χ3v) is 6.94. The van der Waals surface area contributed by atoms with Crippen molar-refractivity contribution in [3.63, 3.8) is 0 Å². The van der Waals surface area contributed by atoms with Crippen LogP contribution in [0.15, 0.2) is 23.0 Å². The number of rotatable bonds is 3. The number of aliphatic carboxylic acids is 1. The third kappa shape index (κ3) is 5.59. The lowest BCUT2D eigenvalue weighted by molar-refractivity contribution is -0.139. The van der Waals surface area contributed by atoms with Crippen LogP contribution in [0, 0.1) is 17.3 Å². The molecular formula is C27H32N4O7. The van der Waals surface area contributed by atoms with E-state index in [0.717, 1.165) is 0 Å². The molecule has 2 saturated heterocycles. The fourth-order valence-corrected chi connectivity index (χ4v) is 4.95. The van der Waals surface area contributed by atoms with Crippen molar-refractivity contribution in [2.75, 3.05) is 13.1 Å². The summed E-state index contributed by atoms with van der Waals surface area (Å²) in [5, 5.41) is 11.8. The number of hydrogen-bond acceptors (Lipinski definition) is 6. The minimum Gasteiger partial charge on any atom is -0.481 e. The van der Waals surface area contributed by atoms with Crippen LogP contribution < -0.4 is 11.0 Å². The fraction of sp³-hybridized carbons (Fsp3) is 0.519. The van der Waals surface area contributed by atoms with E-state index in [1.54, 1.807) is 50.9 Å². The Labute approximate surface area is 219 Å². The summed E-state index contributed by atoms with van der Waals surface area (Å²) in [7, 11) is 1.60. The lowest BCUT2D eigenvalue weighted by atomic mass is 9.76. The topological polar surface area (TPSA) is 140 Å². The first-order chi connectivity index (χ1) is 17.8. The number of amides is 3. The average molecular weight is 525 g/mol. The molecule has 2 fully saturated rings. The van der Waals surface area contributed by atoms with E-state index in [0.29, 0.717) is 42.5 Å². The van der Waals surface area contributed by atoms with E-state index >= 15 is 0 Å². The largest absolute Gasteiger partial charge is 0.481 e. The second-order valence-corrected chi connectivity index (χ2v) is 11.0. The van der Waals surface area contributed by atoms with Crippen LogP contribution in [0.3, 0.4) is 0 Å². The molecule has 0 aliphatic carbocycles. The minimum absolute atomic E-state index is 0.153. The van der Waals surface area contributed by atoms with Gasteiger partial charge in [-0.1, -0.05) is 11.8 Å². The molecule has 11 heteroatoms. The molecule has 4 rings (SSSR count). The molecule has 3 heterocycles. The number of nitrogens with zero attached hydrogens (tertiary/aromatic N) is 3. The van der Waals surface area contributed by atoms with Gasteiger partial charge in [-0.15, -0.1) is 0 Å². The second-order valence-electron chi connectivity index (χ2n) is 11.0. The number of carboxylic acids is 1. The zero-order valence-corrected chi connectivity index (χ0v) is 22.0. The molecule has 0 radical (unpaired) electrons. The van der Waals surface area contributed by atoms with Gasteiger partial charge in [0.1, 0.15) is 11.6 Å². The van der Waals surface area contributed by atoms with Crippen molar-refractivity contribution in [1.29, 1.82) is 0 Å². The maximum Gasteiger partial charge on any atom is 0.410 e. The number of likely N-dealkylation sites (tertiary alicyclic amines) is 1. The zero-order valence-electron chi connectivity index (χ0n) is 22.0. The summed E-state index contributed by atoms with van der Waals surface area (Å²) in [5.74, 6) is 4.42. The highest BCUT2D eigenvalue weighted by Crippen LogP contribution is 2.35. The average Bonchev–Trinajstić information content (AvgIpc) is 3.06. The Kier molecular flexibility index (Phi) is 7.10. The van der Waals surface area contributed by atoms with Crippen LogP contribution in [0.1, 0.15) is 64.5 Å². The number of fused-ring (bicyclic) bond motifs is 1. The third-order valence-electron chi connectivity index (χ3n) is 6.94. The monoisotopic (exact) mass is 524 g/mol. The lowest BCUT2D eigenvalue weighted by Crippen LogP contribution is -2.45. The van der Waals surface area contributed by atoms with Crippen molar-refractivity contribution in [1.82, 2.24) is 19.4 Å². The van der Waals surface area contributed by atoms with Gasteiger partial charge in [0.05, 0.1) is 17.5 Å². The van der Waals surface area contributed by atoms with Gasteiger partial charge in [-0.2, -0.15) is 0 Å². The summed E-state index contributed by atoms with van der Waals surface area (Å²) in [6.45, 7) is 6.04. The van der Waals surface area contributed by atoms with Crippen molar-refractivity contribution in [3.8, 4) is 11.8 Å². The number of aryl methyl sites for hydroxylation is 1. The molecule has 38 heavy (non-hydrogen) atoms. The molecule has 0 bridgehead atoms. The normalized spacial score (nSPS) is 19.5. The van der Waals surface area contributed by atoms with E-state index in [1.165, 1.54) is 9.13 Å². The molecule has 1 unspecified atom stereocenters. The SMILES string of the molecule is Cn1c(=O)n(C2CCC(=O)NC2=O)c2ccc(C#CC3(CC(=O)O)CCN(C(=O)OC(C)(C)C)CC3)cc21. The molecule has 0 saturated carbocycles. The van der Waals surface area contributed by atoms with E-state index in [9.17, 15) is 29.1 Å². The van der Waals surface area contributed by atoms with Gasteiger partial charge >= 0.3 is 17.8 Å². The summed E-state index contributed by atoms with van der Waals surface area (Å²) in [4.78, 5) is 62.6. The number of carbonyl (C=O) groups is 4. The first-order valence-corrected chi connectivity index (χ1v) is 12.6. The Bertz CT molecular complexity index is 1430. The van der Waals surface area contributed by atoms with Gasteiger partial charge in [-0.05, 0) is 58.2 Å². The van der Waals surface area contributed by atoms with Crippen molar-refractivity contribution >= 4 is 34.9 Å². The Morgan fingerprint density at radius 2 is 1.84 bits per heavy atom. The molecule has 11 nitrogen and oxygen atoms in total. The molecule has 2 N–H and O–H groups in total. The van der Waals surface area contributed by atoms with Crippen LogP contribution in [0.5, 0.6) is 0 Å². The van der Waals surface area contributed by atoms with Crippen LogP contribution in [0.2, 0.25) is 0 Å². The van der Waals surface area contributed by atoms with Crippen LogP contribution in [0.4, 0.5) is 4.79 Å². The number of imidazole rings is 1. The van der Waals surface area contributed by atoms with E-state index in [4.69, 9.17) is 4.74 Å². The second kappa shape index (κ2) is 10.0. The highest BCUT2D eigenvalue weighted by Gasteiger charge is 2.38. The molecule has 3 amide bonds. The highest BCUT2D eigenvalue weighted by molar-refractivity contribution is 6.00. The number of carboxylic acid groups (broad SMARTS) is 1. The number of nitrogens with one attached hydrogen (secondary N) is 1. The first-order valence-electron chi connectivity index (χ1n) is 12.6. The lowest BCUT2D eigenvalue weighted by Gasteiger charge is -2.38. The standard InChI is InChI=1S/C27H32N4O7/c1-26(2,3)38-25(37)30-13-11-27(12-14-30,16-22(33)34)10-9-17-5-6-18-20(15-17)29(4)24(36)31(18)19-7-8-21(32)28-23(19)35/h5-6,15,19H,7-8,11-14,16H2,1-4H3,(H,33,34)(H,28,32,35). The molecule has 2 aromatic rings. The number of imide groups is 1. The van der Waals surface area contributed by atoms with E-state index < -0.39 is 35.0 Å². The minimum atomic E-state index is -0.968. The molecule has 1 atom stereocenters. The molecule has 1 aromatic heterocycles. The van der Waals surface area contributed by atoms with Gasteiger partial charge < -0.3 is 14.7 Å². The fourth-order valence-electron chi connectivity index (χ4n) is 4.95.